The summed E-state index contributed by atoms with van der Waals surface area (Å²) in [7, 11) is 0. The van der Waals surface area contributed by atoms with E-state index in [-0.39, 0.29) is 63.3 Å². The van der Waals surface area contributed by atoms with E-state index in [9.17, 15) is 158 Å². The molecule has 0 aliphatic carbocycles. The van der Waals surface area contributed by atoms with Crippen molar-refractivity contribution in [3.05, 3.63) is 283 Å². The summed E-state index contributed by atoms with van der Waals surface area (Å²) in [4.78, 5) is 241. The average Bonchev–Trinajstić information content (AvgIpc) is 1.58. The second-order valence-electron chi connectivity index (χ2n) is 30.7. The summed E-state index contributed by atoms with van der Waals surface area (Å²) < 4.78 is 51.1. The number of ether oxygens (including phenoxy) is 8. The smallest absolute Gasteiger partial charge is 0.478 e. The third kappa shape index (κ3) is 20.0. The van der Waals surface area contributed by atoms with Crippen LogP contribution in [0.2, 0.25) is 0 Å². The first-order chi connectivity index (χ1) is 68.3. The van der Waals surface area contributed by atoms with Crippen LogP contribution in [0.4, 0.5) is 0 Å². The van der Waals surface area contributed by atoms with Gasteiger partial charge in [0.1, 0.15) is 68.6 Å². The quantitative estimate of drug-likeness (QED) is 0.0174. The van der Waals surface area contributed by atoms with Gasteiger partial charge in [0.05, 0.1) is 89.0 Å². The molecule has 15 aromatic rings. The molecule has 48 nitrogen and oxygen atoms in total. The first-order valence-electron chi connectivity index (χ1n) is 40.3. The molecule has 0 radical (unpaired) electrons. The van der Waals surface area contributed by atoms with Crippen LogP contribution in [-0.2, 0) is 19.5 Å². The van der Waals surface area contributed by atoms with Crippen molar-refractivity contribution in [1.82, 2.24) is 39.9 Å². The number of carboxylic acid groups (broad SMARTS) is 16. The number of hydrogen-bond donors (Lipinski definition) is 18. The maximum absolute atomic E-state index is 12.8. The molecule has 49 heteroatoms. The number of nitrogens with one attached hydrogen (secondary N) is 2. The number of nitrogens with zero attached hydrogens (tertiary/aromatic N) is 6. The van der Waals surface area contributed by atoms with Gasteiger partial charge in [-0.15, -0.1) is 0 Å². The molecule has 0 fully saturated rings. The van der Waals surface area contributed by atoms with E-state index in [0.717, 1.165) is 194 Å². The third-order valence-corrected chi connectivity index (χ3v) is 21.1. The number of carboxylic acids is 16. The number of benzene rings is 12. The van der Waals surface area contributed by atoms with E-state index in [0.29, 0.717) is 0 Å². The van der Waals surface area contributed by atoms with Gasteiger partial charge in [0.25, 0.3) is 0 Å². The molecule has 0 amide bonds. The topological polar surface area (TPSA) is 780 Å². The van der Waals surface area contributed by atoms with Crippen LogP contribution >= 0.6 is 0 Å². The molecule has 5 heterocycles. The third-order valence-electron chi connectivity index (χ3n) is 21.1. The number of aromatic carboxylic acids is 16. The van der Waals surface area contributed by atoms with E-state index in [2.05, 4.69) is 9.97 Å². The molecule has 145 heavy (non-hydrogen) atoms. The van der Waals surface area contributed by atoms with Crippen LogP contribution in [0.25, 0.3) is 89.7 Å². The second-order valence-corrected chi connectivity index (χ2v) is 30.7. The summed E-state index contributed by atoms with van der Waals surface area (Å²) in [5.74, 6) is -39.8. The van der Waals surface area contributed by atoms with Crippen molar-refractivity contribution in [2.45, 2.75) is 0 Å². The fourth-order valence-corrected chi connectivity index (χ4v) is 14.7. The Balaban J connectivity index is 0.0000151. The molecular formula is C96H50N8O40Zn+2. The molecule has 8 bridgehead atoms. The number of carbonyl (C=O) groups is 16. The van der Waals surface area contributed by atoms with Crippen LogP contribution < -0.4 is 37.9 Å². The average molecular weight is 2020 g/mol. The Morgan fingerprint density at radius 3 is 0.379 bits per heavy atom. The predicted octanol–water partition coefficient (Wildman–Crippen LogP) is 16.4. The first kappa shape index (κ1) is 96.7. The second kappa shape index (κ2) is 37.9. The molecule has 18 N–H and O–H groups in total. The van der Waals surface area contributed by atoms with Crippen LogP contribution in [0.5, 0.6) is 92.0 Å². The standard InChI is InChI=1S/C96H50N8O40.Zn/c105-81(106)33-1-34(82(107)108)10-49(9-33)137-65-25-57-58(26-66(65)138-50-11-35(83(109)110)2-36(12-50)84(111)112)74-97-73(57)101-75-59-27-67(139-51-13-37(85(113)114)3-38(14-51)86(115)116)68(140-52-15-39(87(117)118)4-40(16-52)88(119)120)28-60(59)77(98-75)103-79-63-31-71(143-55-21-45(93(129)130)7-46(22-55)94(131)132)72(144-56-23-47(95(133)134)8-48(24-56)96(135)136)32-64(63)80(100-79)104-78-62-30-70(142-54-19-43(91(125)126)6-44(20-54)92(127)128)69(29-61(62)76(99-78)102-74)141-53-17-41(89(121)122)5-42(18-53)90(123)124;/h1-32H,(H,105,106)(H,107,108)(H,109,110)(H,111,112)(H,113,114)(H,115,116)(H,117,118)(H,119,120)(H,121,122)(H,123,124)(H,125,126)(H,127,128)(H,129,130)(H,131,132)(H,133,134)(H,135,136)(H2,97,98,99,100,101,102,103,104);/q;+2. The van der Waals surface area contributed by atoms with Crippen LogP contribution in [0.3, 0.4) is 0 Å². The van der Waals surface area contributed by atoms with Gasteiger partial charge in [0, 0.05) is 43.8 Å². The van der Waals surface area contributed by atoms with Crippen LogP contribution in [0, 0.1) is 0 Å². The van der Waals surface area contributed by atoms with Crippen molar-refractivity contribution in [3.8, 4) is 138 Å². The van der Waals surface area contributed by atoms with Gasteiger partial charge in [-0.2, -0.15) is 0 Å². The Kier molecular flexibility index (Phi) is 25.3. The van der Waals surface area contributed by atoms with Gasteiger partial charge >= 0.3 is 115 Å². The molecule has 714 valence electrons. The zero-order chi connectivity index (χ0) is 103. The summed E-state index contributed by atoms with van der Waals surface area (Å²) >= 11 is 0. The Morgan fingerprint density at radius 1 is 0.159 bits per heavy atom. The first-order valence-corrected chi connectivity index (χ1v) is 40.3. The number of hydrogen-bond acceptors (Lipinski definition) is 30. The largest absolute Gasteiger partial charge is 2.00 e. The van der Waals surface area contributed by atoms with Gasteiger partial charge in [0.15, 0.2) is 69.3 Å². The van der Waals surface area contributed by atoms with Gasteiger partial charge in [-0.1, -0.05) is 0 Å². The van der Waals surface area contributed by atoms with Crippen molar-refractivity contribution >= 4 is 140 Å². The Hall–Kier alpha value is -21.5. The number of aromatic nitrogens is 8. The maximum Gasteiger partial charge on any atom is 2.00 e. The van der Waals surface area contributed by atoms with E-state index in [1.165, 1.54) is 0 Å². The monoisotopic (exact) mass is 2020 g/mol. The molecule has 0 saturated heterocycles. The summed E-state index contributed by atoms with van der Waals surface area (Å²) in [5.41, 5.74) is -14.7. The van der Waals surface area contributed by atoms with E-state index in [1.54, 1.807) is 0 Å². The van der Waals surface area contributed by atoms with Crippen LogP contribution in [-0.4, -0.2) is 217 Å². The Labute approximate surface area is 811 Å². The summed E-state index contributed by atoms with van der Waals surface area (Å²) in [6, 6.07) is 27.8. The zero-order valence-electron chi connectivity index (χ0n) is 71.8. The van der Waals surface area contributed by atoms with Crippen molar-refractivity contribution in [3.63, 3.8) is 0 Å². The summed E-state index contributed by atoms with van der Waals surface area (Å²) in [6.07, 6.45) is 0. The van der Waals surface area contributed by atoms with Gasteiger partial charge in [-0.05, 0) is 194 Å². The number of H-pyrrole nitrogens is 2. The van der Waals surface area contributed by atoms with Crippen molar-refractivity contribution in [1.29, 1.82) is 0 Å². The summed E-state index contributed by atoms with van der Waals surface area (Å²) in [6.45, 7) is 0. The van der Waals surface area contributed by atoms with E-state index in [1.807, 2.05) is 0 Å². The number of fused-ring (bicyclic) bond motifs is 20. The molecule has 0 spiro atoms. The molecule has 2 aliphatic rings. The molecule has 17 rings (SSSR count). The van der Waals surface area contributed by atoms with Gasteiger partial charge in [-0.3, -0.25) is 0 Å². The minimum atomic E-state index is -1.71. The van der Waals surface area contributed by atoms with E-state index >= 15 is 0 Å². The normalized spacial score (nSPS) is 11.0. The molecule has 3 aromatic heterocycles. The Morgan fingerprint density at radius 2 is 0.269 bits per heavy atom. The molecule has 0 unspecified atom stereocenters. The molecule has 2 aliphatic heterocycles. The fourth-order valence-electron chi connectivity index (χ4n) is 14.7. The van der Waals surface area contributed by atoms with E-state index in [4.69, 9.17) is 67.8 Å². The summed E-state index contributed by atoms with van der Waals surface area (Å²) in [5, 5.41) is 165. The number of aromatic amines is 2. The van der Waals surface area contributed by atoms with Crippen LogP contribution in [0.1, 0.15) is 166 Å². The minimum Gasteiger partial charge on any atom is -0.478 e. The van der Waals surface area contributed by atoms with Crippen molar-refractivity contribution in [2.75, 3.05) is 0 Å². The fraction of sp³-hybridized carbons (Fsp3) is 0. The van der Waals surface area contributed by atoms with Crippen molar-refractivity contribution in [2.24, 2.45) is 0 Å². The van der Waals surface area contributed by atoms with Gasteiger partial charge in [-0.25, -0.2) is 107 Å². The van der Waals surface area contributed by atoms with Crippen molar-refractivity contribution < 1.29 is 216 Å². The SMILES string of the molecule is O=C(O)c1cc(Oc2cc3c(cc2Oc2cc(C(=O)O)cc(C(=O)O)c2)-c2nc-3nc3[nH]c(nc4nc(nc5[nH]c(n2)c2cc(Oc6cc(C(=O)O)cc(C(=O)O)c6)c(Oc6cc(C(=O)O)cc(C(=O)O)c6)cc52)-c2cc(Oc5cc(C(=O)O)cc(C(=O)O)c5)c(Oc5cc(C(=O)O)cc(C(=O)O)c5)cc2-4)c2cc(Oc4cc(C(=O)O)cc(C(=O)O)c4)c(Oc4cc(C(=O)O)cc(C(=O)O)c4)cc32)cc(C(=O)O)c1.[Zn+2]. The zero-order valence-corrected chi connectivity index (χ0v) is 74.8. The van der Waals surface area contributed by atoms with Gasteiger partial charge < -0.3 is 130 Å². The Bertz CT molecular complexity index is 7390. The van der Waals surface area contributed by atoms with E-state index < -0.39 is 322 Å². The molecule has 0 saturated carbocycles. The molecule has 0 atom stereocenters. The number of rotatable bonds is 32. The minimum absolute atomic E-state index is 0. The predicted molar refractivity (Wildman–Crippen MR) is 480 cm³/mol. The van der Waals surface area contributed by atoms with Gasteiger partial charge in [0.2, 0.25) is 0 Å². The molecule has 12 aromatic carbocycles. The van der Waals surface area contributed by atoms with Crippen LogP contribution in [0.15, 0.2) is 194 Å². The molecular weight excluding hydrogens is 1970 g/mol. The maximum atomic E-state index is 12.8.